The summed E-state index contributed by atoms with van der Waals surface area (Å²) in [6.45, 7) is 0.0577. The van der Waals surface area contributed by atoms with Crippen molar-refractivity contribution in [3.8, 4) is 0 Å². The van der Waals surface area contributed by atoms with Crippen molar-refractivity contribution < 1.29 is 23.5 Å². The number of rotatable bonds is 4. The average molecular weight is 397 g/mol. The van der Waals surface area contributed by atoms with Crippen LogP contribution in [0.2, 0.25) is 0 Å². The minimum atomic E-state index is -0.533. The maximum atomic E-state index is 12.8. The molecular weight excluding hydrogens is 376 g/mol. The van der Waals surface area contributed by atoms with Gasteiger partial charge in [0.25, 0.3) is 0 Å². The summed E-state index contributed by atoms with van der Waals surface area (Å²) >= 11 is 3.91. The third-order valence-electron chi connectivity index (χ3n) is 5.82. The maximum absolute atomic E-state index is 12.8. The number of hydrogen-bond donors (Lipinski definition) is 0. The van der Waals surface area contributed by atoms with Gasteiger partial charge in [0.1, 0.15) is 12.4 Å². The first-order valence-electron chi connectivity index (χ1n) is 8.45. The van der Waals surface area contributed by atoms with E-state index in [1.165, 1.54) is 32.4 Å². The van der Waals surface area contributed by atoms with Crippen molar-refractivity contribution in [2.75, 3.05) is 7.11 Å². The number of carbonyl (C=O) groups is 2. The summed E-state index contributed by atoms with van der Waals surface area (Å²) in [5.74, 6) is 1.20. The Hall–Kier alpha value is -1.30. The lowest BCUT2D eigenvalue weighted by atomic mass is 9.49. The Morgan fingerprint density at radius 1 is 1.25 bits per heavy atom. The van der Waals surface area contributed by atoms with Crippen molar-refractivity contribution >= 4 is 27.9 Å². The smallest absolute Gasteiger partial charge is 0.373 e. The molecule has 0 saturated heterocycles. The largest absolute Gasteiger partial charge is 0.463 e. The average Bonchev–Trinajstić information content (AvgIpc) is 2.98. The lowest BCUT2D eigenvalue weighted by Crippen LogP contribution is -2.56. The van der Waals surface area contributed by atoms with E-state index in [1.807, 2.05) is 0 Å². The van der Waals surface area contributed by atoms with Crippen molar-refractivity contribution in [1.82, 2.24) is 0 Å². The monoisotopic (exact) mass is 396 g/mol. The highest BCUT2D eigenvalue weighted by Crippen LogP contribution is 2.64. The molecule has 0 N–H and O–H groups in total. The van der Waals surface area contributed by atoms with Crippen molar-refractivity contribution in [2.45, 2.75) is 49.5 Å². The molecule has 1 aromatic rings. The van der Waals surface area contributed by atoms with Gasteiger partial charge in [0, 0.05) is 4.32 Å². The van der Waals surface area contributed by atoms with Crippen LogP contribution in [0.4, 0.5) is 0 Å². The van der Waals surface area contributed by atoms with Crippen LogP contribution in [-0.4, -0.2) is 23.4 Å². The van der Waals surface area contributed by atoms with Crippen LogP contribution in [0.5, 0.6) is 0 Å². The first-order valence-corrected chi connectivity index (χ1v) is 9.24. The Kier molecular flexibility index (Phi) is 3.79. The van der Waals surface area contributed by atoms with Crippen molar-refractivity contribution in [1.29, 1.82) is 0 Å². The summed E-state index contributed by atoms with van der Waals surface area (Å²) < 4.78 is 15.7. The highest BCUT2D eigenvalue weighted by Gasteiger charge is 2.60. The number of methoxy groups -OCH3 is 1. The maximum Gasteiger partial charge on any atom is 0.373 e. The van der Waals surface area contributed by atoms with Gasteiger partial charge in [-0.3, -0.25) is 4.79 Å². The molecule has 4 bridgehead atoms. The Morgan fingerprint density at radius 2 is 1.96 bits per heavy atom. The first-order chi connectivity index (χ1) is 11.4. The van der Waals surface area contributed by atoms with E-state index in [2.05, 4.69) is 20.7 Å². The zero-order valence-corrected chi connectivity index (χ0v) is 15.3. The second-order valence-electron chi connectivity index (χ2n) is 7.73. The first kappa shape index (κ1) is 16.2. The summed E-state index contributed by atoms with van der Waals surface area (Å²) in [6, 6.07) is 3.18. The molecule has 4 aliphatic carbocycles. The van der Waals surface area contributed by atoms with Gasteiger partial charge in [0.2, 0.25) is 5.76 Å². The molecule has 4 fully saturated rings. The molecule has 24 heavy (non-hydrogen) atoms. The summed E-state index contributed by atoms with van der Waals surface area (Å²) in [6.07, 6.45) is 6.38. The van der Waals surface area contributed by atoms with E-state index >= 15 is 0 Å². The molecule has 0 radical (unpaired) electrons. The summed E-state index contributed by atoms with van der Waals surface area (Å²) in [7, 11) is 1.30. The molecule has 1 aromatic heterocycles. The van der Waals surface area contributed by atoms with Gasteiger partial charge < -0.3 is 13.9 Å². The van der Waals surface area contributed by atoms with Crippen LogP contribution >= 0.6 is 15.9 Å². The molecule has 6 heteroatoms. The van der Waals surface area contributed by atoms with E-state index in [9.17, 15) is 9.59 Å². The standard InChI is InChI=1S/C18H21BrO5/c1-22-15(20)14-3-2-13(24-14)9-23-16(21)17-5-11-4-12(6-17)8-18(19,7-11)10-17/h2-3,11-12H,4-10H2,1H3. The van der Waals surface area contributed by atoms with Crippen LogP contribution in [0.1, 0.15) is 54.8 Å². The highest BCUT2D eigenvalue weighted by molar-refractivity contribution is 9.10. The van der Waals surface area contributed by atoms with E-state index in [1.54, 1.807) is 6.07 Å². The SMILES string of the molecule is COC(=O)c1ccc(COC(=O)C23CC4CC(CC(Br)(C4)C2)C3)o1. The lowest BCUT2D eigenvalue weighted by molar-refractivity contribution is -0.171. The van der Waals surface area contributed by atoms with Crippen molar-refractivity contribution in [3.63, 3.8) is 0 Å². The predicted octanol–water partition coefficient (Wildman–Crippen LogP) is 3.84. The minimum Gasteiger partial charge on any atom is -0.463 e. The van der Waals surface area contributed by atoms with Crippen LogP contribution in [-0.2, 0) is 20.9 Å². The number of hydrogen-bond acceptors (Lipinski definition) is 5. The molecule has 2 atom stereocenters. The van der Waals surface area contributed by atoms with Crippen LogP contribution in [0.25, 0.3) is 0 Å². The van der Waals surface area contributed by atoms with Crippen LogP contribution < -0.4 is 0 Å². The number of carbonyl (C=O) groups excluding carboxylic acids is 2. The molecule has 2 unspecified atom stereocenters. The third-order valence-corrected chi connectivity index (χ3v) is 6.74. The number of halogens is 1. The number of furan rings is 1. The Labute approximate surface area is 149 Å². The quantitative estimate of drug-likeness (QED) is 0.571. The predicted molar refractivity (Wildman–Crippen MR) is 88.6 cm³/mol. The van der Waals surface area contributed by atoms with Gasteiger partial charge >= 0.3 is 11.9 Å². The van der Waals surface area contributed by atoms with Gasteiger partial charge in [-0.1, -0.05) is 15.9 Å². The molecule has 4 aliphatic rings. The molecule has 1 heterocycles. The van der Waals surface area contributed by atoms with Crippen molar-refractivity contribution in [3.05, 3.63) is 23.7 Å². The topological polar surface area (TPSA) is 65.7 Å². The van der Waals surface area contributed by atoms with Crippen LogP contribution in [0, 0.1) is 17.3 Å². The second-order valence-corrected chi connectivity index (χ2v) is 9.41. The zero-order chi connectivity index (χ0) is 16.9. The van der Waals surface area contributed by atoms with Gasteiger partial charge in [-0.25, -0.2) is 4.79 Å². The summed E-state index contributed by atoms with van der Waals surface area (Å²) in [5, 5.41) is 0. The third kappa shape index (κ3) is 2.68. The van der Waals surface area contributed by atoms with Crippen LogP contribution in [0.3, 0.4) is 0 Å². The molecule has 5 nitrogen and oxygen atoms in total. The molecule has 0 aliphatic heterocycles. The minimum absolute atomic E-state index is 0.0577. The fourth-order valence-electron chi connectivity index (χ4n) is 5.35. The second kappa shape index (κ2) is 5.61. The fraction of sp³-hybridized carbons (Fsp3) is 0.667. The van der Waals surface area contributed by atoms with Crippen LogP contribution in [0.15, 0.2) is 16.5 Å². The molecule has 0 aromatic carbocycles. The lowest BCUT2D eigenvalue weighted by Gasteiger charge is -2.58. The molecule has 4 saturated carbocycles. The zero-order valence-electron chi connectivity index (χ0n) is 13.7. The number of esters is 2. The molecule has 0 amide bonds. The highest BCUT2D eigenvalue weighted by atomic mass is 79.9. The van der Waals surface area contributed by atoms with E-state index in [0.717, 1.165) is 19.3 Å². The van der Waals surface area contributed by atoms with Gasteiger partial charge in [0.05, 0.1) is 12.5 Å². The van der Waals surface area contributed by atoms with E-state index < -0.39 is 5.97 Å². The van der Waals surface area contributed by atoms with Gasteiger partial charge in [-0.05, 0) is 62.5 Å². The summed E-state index contributed by atoms with van der Waals surface area (Å²) in [4.78, 5) is 24.2. The Morgan fingerprint density at radius 3 is 2.58 bits per heavy atom. The van der Waals surface area contributed by atoms with E-state index in [4.69, 9.17) is 9.15 Å². The molecule has 0 spiro atoms. The number of alkyl halides is 1. The normalized spacial score (nSPS) is 36.6. The van der Waals surface area contributed by atoms with E-state index in [-0.39, 0.29) is 28.1 Å². The van der Waals surface area contributed by atoms with Gasteiger partial charge in [-0.15, -0.1) is 0 Å². The molecular formula is C18H21BrO5. The fourth-order valence-corrected chi connectivity index (χ4v) is 6.80. The molecule has 130 valence electrons. The van der Waals surface area contributed by atoms with Gasteiger partial charge in [-0.2, -0.15) is 0 Å². The van der Waals surface area contributed by atoms with E-state index in [0.29, 0.717) is 17.6 Å². The molecule has 5 rings (SSSR count). The van der Waals surface area contributed by atoms with Gasteiger partial charge in [0.15, 0.2) is 0 Å². The Bertz CT molecular complexity index is 665. The summed E-state index contributed by atoms with van der Waals surface area (Å²) in [5.41, 5.74) is -0.342. The van der Waals surface area contributed by atoms with Crippen molar-refractivity contribution in [2.24, 2.45) is 17.3 Å². The Balaban J connectivity index is 1.43. The number of ether oxygens (including phenoxy) is 2.